The minimum Gasteiger partial charge on any atom is -0.481 e. The van der Waals surface area contributed by atoms with Gasteiger partial charge in [0.25, 0.3) is 0 Å². The fourth-order valence-corrected chi connectivity index (χ4v) is 2.79. The van der Waals surface area contributed by atoms with Crippen molar-refractivity contribution in [1.82, 2.24) is 4.90 Å². The number of piperidine rings is 1. The number of thioether (sulfide) groups is 1. The second-order valence-corrected chi connectivity index (χ2v) is 5.70. The highest BCUT2D eigenvalue weighted by Crippen LogP contribution is 2.30. The summed E-state index contributed by atoms with van der Waals surface area (Å²) in [5.41, 5.74) is -4.15. The molecule has 0 spiro atoms. The number of carboxylic acid groups (broad SMARTS) is 1. The number of alkyl halides is 3. The van der Waals surface area contributed by atoms with Crippen molar-refractivity contribution in [2.45, 2.75) is 31.2 Å². The van der Waals surface area contributed by atoms with Gasteiger partial charge < -0.3 is 10.0 Å². The molecule has 0 bridgehead atoms. The first-order valence-corrected chi connectivity index (χ1v) is 7.00. The van der Waals surface area contributed by atoms with Gasteiger partial charge in [0.1, 0.15) is 0 Å². The second-order valence-electron chi connectivity index (χ2n) is 4.54. The number of carboxylic acids is 1. The average molecular weight is 285 g/mol. The van der Waals surface area contributed by atoms with Crippen LogP contribution in [0.4, 0.5) is 13.2 Å². The summed E-state index contributed by atoms with van der Waals surface area (Å²) in [6.07, 6.45) is 2.70. The third kappa shape index (κ3) is 7.10. The summed E-state index contributed by atoms with van der Waals surface area (Å²) >= 11 is 0.0109. The van der Waals surface area contributed by atoms with E-state index in [9.17, 15) is 18.0 Å². The van der Waals surface area contributed by atoms with Gasteiger partial charge in [-0.2, -0.15) is 13.2 Å². The summed E-state index contributed by atoms with van der Waals surface area (Å²) in [5.74, 6) is -0.444. The van der Waals surface area contributed by atoms with Crippen molar-refractivity contribution in [1.29, 1.82) is 0 Å². The van der Waals surface area contributed by atoms with Gasteiger partial charge in [0.05, 0.1) is 0 Å². The molecule has 106 valence electrons. The zero-order chi connectivity index (χ0) is 13.6. The molecule has 1 fully saturated rings. The van der Waals surface area contributed by atoms with Gasteiger partial charge in [-0.3, -0.25) is 4.79 Å². The third-order valence-corrected chi connectivity index (χ3v) is 3.76. The van der Waals surface area contributed by atoms with Crippen LogP contribution in [0.2, 0.25) is 0 Å². The third-order valence-electron chi connectivity index (χ3n) is 3.04. The van der Waals surface area contributed by atoms with Crippen LogP contribution in [0.3, 0.4) is 0 Å². The van der Waals surface area contributed by atoms with E-state index in [-0.39, 0.29) is 23.9 Å². The maximum atomic E-state index is 12.0. The Kier molecular flexibility index (Phi) is 6.28. The Morgan fingerprint density at radius 2 is 2.17 bits per heavy atom. The van der Waals surface area contributed by atoms with E-state index in [1.165, 1.54) is 0 Å². The molecule has 1 aliphatic heterocycles. The molecule has 7 heteroatoms. The Morgan fingerprint density at radius 1 is 1.44 bits per heavy atom. The Hall–Kier alpha value is -0.430. The van der Waals surface area contributed by atoms with Crippen molar-refractivity contribution >= 4 is 17.7 Å². The molecule has 1 atom stereocenters. The molecule has 18 heavy (non-hydrogen) atoms. The fourth-order valence-electron chi connectivity index (χ4n) is 2.21. The summed E-state index contributed by atoms with van der Waals surface area (Å²) < 4.78 is 35.9. The van der Waals surface area contributed by atoms with Gasteiger partial charge in [-0.1, -0.05) is 0 Å². The number of halogens is 3. The number of aliphatic carboxylic acids is 1. The molecule has 0 saturated carbocycles. The van der Waals surface area contributed by atoms with Crippen molar-refractivity contribution in [3.8, 4) is 0 Å². The number of nitrogens with zero attached hydrogens (tertiary/aromatic N) is 1. The number of hydrogen-bond donors (Lipinski definition) is 1. The van der Waals surface area contributed by atoms with Crippen molar-refractivity contribution < 1.29 is 23.1 Å². The lowest BCUT2D eigenvalue weighted by molar-refractivity contribution is -0.137. The second kappa shape index (κ2) is 7.23. The quantitative estimate of drug-likeness (QED) is 0.814. The lowest BCUT2D eigenvalue weighted by atomic mass is 9.93. The fraction of sp³-hybridized carbons (Fsp3) is 0.909. The highest BCUT2D eigenvalue weighted by molar-refractivity contribution is 8.00. The van der Waals surface area contributed by atoms with Crippen LogP contribution >= 0.6 is 11.8 Å². The summed E-state index contributed by atoms with van der Waals surface area (Å²) in [4.78, 5) is 12.5. The molecule has 0 radical (unpaired) electrons. The summed E-state index contributed by atoms with van der Waals surface area (Å²) in [5, 5.41) is 8.60. The molecule has 1 N–H and O–H groups in total. The van der Waals surface area contributed by atoms with Crippen LogP contribution in [-0.2, 0) is 4.79 Å². The Bertz CT molecular complexity index is 274. The van der Waals surface area contributed by atoms with Gasteiger partial charge in [0.15, 0.2) is 0 Å². The standard InChI is InChI=1S/C11H18F3NO2S/c12-11(13,14)18-7-6-15-5-1-2-9(8-15)3-4-10(16)17/h9H,1-8H2,(H,16,17). The Morgan fingerprint density at radius 3 is 2.78 bits per heavy atom. The van der Waals surface area contributed by atoms with Crippen LogP contribution < -0.4 is 0 Å². The molecule has 0 amide bonds. The number of rotatable bonds is 6. The first kappa shape index (κ1) is 15.6. The number of hydrogen-bond acceptors (Lipinski definition) is 3. The first-order chi connectivity index (χ1) is 8.37. The summed E-state index contributed by atoms with van der Waals surface area (Å²) in [6.45, 7) is 1.97. The molecule has 0 aromatic carbocycles. The van der Waals surface area contributed by atoms with Gasteiger partial charge in [-0.15, -0.1) is 0 Å². The van der Waals surface area contributed by atoms with E-state index in [2.05, 4.69) is 0 Å². The van der Waals surface area contributed by atoms with Crippen LogP contribution in [0.15, 0.2) is 0 Å². The minimum absolute atomic E-state index is 0.0109. The topological polar surface area (TPSA) is 40.5 Å². The van der Waals surface area contributed by atoms with E-state index >= 15 is 0 Å². The lowest BCUT2D eigenvalue weighted by Crippen LogP contribution is -2.37. The molecular weight excluding hydrogens is 267 g/mol. The monoisotopic (exact) mass is 285 g/mol. The van der Waals surface area contributed by atoms with E-state index in [4.69, 9.17) is 5.11 Å². The Balaban J connectivity index is 2.20. The maximum absolute atomic E-state index is 12.0. The van der Waals surface area contributed by atoms with Gasteiger partial charge in [0, 0.05) is 25.3 Å². The molecule has 0 aromatic rings. The molecule has 1 aliphatic rings. The number of likely N-dealkylation sites (tertiary alicyclic amines) is 1. The van der Waals surface area contributed by atoms with Gasteiger partial charge in [-0.05, 0) is 43.5 Å². The zero-order valence-corrected chi connectivity index (χ0v) is 10.9. The van der Waals surface area contributed by atoms with Crippen LogP contribution in [0.25, 0.3) is 0 Å². The maximum Gasteiger partial charge on any atom is 0.441 e. The van der Waals surface area contributed by atoms with Gasteiger partial charge in [-0.25, -0.2) is 0 Å². The molecule has 1 rings (SSSR count). The average Bonchev–Trinajstić information content (AvgIpc) is 2.25. The van der Waals surface area contributed by atoms with Gasteiger partial charge in [0.2, 0.25) is 0 Å². The lowest BCUT2D eigenvalue weighted by Gasteiger charge is -2.32. The van der Waals surface area contributed by atoms with Crippen molar-refractivity contribution in [2.75, 3.05) is 25.4 Å². The van der Waals surface area contributed by atoms with Crippen molar-refractivity contribution in [2.24, 2.45) is 5.92 Å². The largest absolute Gasteiger partial charge is 0.481 e. The van der Waals surface area contributed by atoms with E-state index < -0.39 is 11.5 Å². The van der Waals surface area contributed by atoms with E-state index in [0.717, 1.165) is 25.9 Å². The van der Waals surface area contributed by atoms with E-state index in [0.29, 0.717) is 18.9 Å². The Labute approximate surface area is 109 Å². The molecular formula is C11H18F3NO2S. The molecule has 3 nitrogen and oxygen atoms in total. The molecule has 0 aliphatic carbocycles. The van der Waals surface area contributed by atoms with Crippen LogP contribution in [0.5, 0.6) is 0 Å². The van der Waals surface area contributed by atoms with Crippen molar-refractivity contribution in [3.05, 3.63) is 0 Å². The molecule has 1 unspecified atom stereocenters. The SMILES string of the molecule is O=C(O)CCC1CCCN(CCSC(F)(F)F)C1. The summed E-state index contributed by atoms with van der Waals surface area (Å²) in [6, 6.07) is 0. The molecule has 1 saturated heterocycles. The molecule has 0 aromatic heterocycles. The summed E-state index contributed by atoms with van der Waals surface area (Å²) in [7, 11) is 0. The smallest absolute Gasteiger partial charge is 0.441 e. The highest BCUT2D eigenvalue weighted by Gasteiger charge is 2.28. The van der Waals surface area contributed by atoms with Gasteiger partial charge >= 0.3 is 11.5 Å². The van der Waals surface area contributed by atoms with E-state index in [1.54, 1.807) is 0 Å². The first-order valence-electron chi connectivity index (χ1n) is 6.01. The zero-order valence-electron chi connectivity index (χ0n) is 10.1. The van der Waals surface area contributed by atoms with Crippen LogP contribution in [-0.4, -0.2) is 46.9 Å². The van der Waals surface area contributed by atoms with E-state index in [1.807, 2.05) is 4.90 Å². The van der Waals surface area contributed by atoms with Crippen LogP contribution in [0.1, 0.15) is 25.7 Å². The normalized spacial score (nSPS) is 22.1. The number of carbonyl (C=O) groups is 1. The van der Waals surface area contributed by atoms with Crippen LogP contribution in [0, 0.1) is 5.92 Å². The highest BCUT2D eigenvalue weighted by atomic mass is 32.2. The predicted octanol–water partition coefficient (Wildman–Crippen LogP) is 2.82. The predicted molar refractivity (Wildman–Crippen MR) is 64.5 cm³/mol. The minimum atomic E-state index is -4.15. The molecule has 1 heterocycles. The van der Waals surface area contributed by atoms with Crippen molar-refractivity contribution in [3.63, 3.8) is 0 Å².